The van der Waals surface area contributed by atoms with E-state index in [1.165, 1.54) is 17.5 Å². The number of imidazole rings is 1. The molecular weight excluding hydrogens is 538 g/mol. The number of hydrogen-bond acceptors (Lipinski definition) is 7. The van der Waals surface area contributed by atoms with E-state index in [4.69, 9.17) is 15.7 Å². The van der Waals surface area contributed by atoms with Crippen molar-refractivity contribution in [3.8, 4) is 34.7 Å². The highest BCUT2D eigenvalue weighted by atomic mass is 16.2. The van der Waals surface area contributed by atoms with Gasteiger partial charge in [0.1, 0.15) is 11.3 Å². The van der Waals surface area contributed by atoms with Gasteiger partial charge in [0.15, 0.2) is 17.3 Å². The zero-order valence-electron chi connectivity index (χ0n) is 24.5. The molecule has 218 valence electrons. The maximum absolute atomic E-state index is 11.3. The molecule has 0 atom stereocenters. The van der Waals surface area contributed by atoms with Crippen molar-refractivity contribution in [3.63, 3.8) is 0 Å². The van der Waals surface area contributed by atoms with Gasteiger partial charge in [0.25, 0.3) is 5.91 Å². The van der Waals surface area contributed by atoms with Gasteiger partial charge in [-0.25, -0.2) is 19.6 Å². The number of carbonyl (C=O) groups excluding carboxylic acids is 1. The van der Waals surface area contributed by atoms with Crippen molar-refractivity contribution in [2.24, 2.45) is 0 Å². The number of pyridine rings is 2. The Balaban J connectivity index is 0.000000214. The number of benzene rings is 1. The summed E-state index contributed by atoms with van der Waals surface area (Å²) in [4.78, 5) is 27.2. The van der Waals surface area contributed by atoms with Gasteiger partial charge >= 0.3 is 0 Å². The number of rotatable bonds is 4. The number of carbonyl (C=O) groups is 1. The number of amides is 1. The van der Waals surface area contributed by atoms with Crippen molar-refractivity contribution < 1.29 is 4.79 Å². The molecular formula is C33H35N9O. The normalized spacial score (nSPS) is 14.5. The molecule has 1 fully saturated rings. The Morgan fingerprint density at radius 2 is 1.86 bits per heavy atom. The molecule has 1 amide bonds. The van der Waals surface area contributed by atoms with Gasteiger partial charge in [0.05, 0.1) is 5.56 Å². The number of anilines is 1. The maximum Gasteiger partial charge on any atom is 0.298 e. The molecule has 4 aromatic heterocycles. The van der Waals surface area contributed by atoms with Crippen LogP contribution in [0, 0.1) is 11.8 Å². The highest BCUT2D eigenvalue weighted by Crippen LogP contribution is 2.32. The number of nitrogen functional groups attached to an aromatic ring is 1. The van der Waals surface area contributed by atoms with E-state index in [1.807, 2.05) is 48.5 Å². The molecule has 3 N–H and O–H groups in total. The van der Waals surface area contributed by atoms with Gasteiger partial charge in [-0.15, -0.1) is 0 Å². The summed E-state index contributed by atoms with van der Waals surface area (Å²) in [5, 5.41) is 7.54. The van der Waals surface area contributed by atoms with Crippen molar-refractivity contribution in [2.75, 3.05) is 25.9 Å². The standard InChI is InChI=1S/C23H19N7.C10H16N2O/c24-21-18(6-2-11-25-21)22-27-19-9-10-20(29-13-3-12-26-29)28-23(19)30(22)17-8-7-15-4-1-5-16(15)14-17;1-3-4-10(13)12-7-5-9(11-2)6-8-12/h2-3,6-14H,1,4-5H2,(H2,24,25);9,11H,5-8H2,1-2H3. The second-order valence-corrected chi connectivity index (χ2v) is 10.7. The molecule has 1 aliphatic heterocycles. The lowest BCUT2D eigenvalue weighted by Gasteiger charge is -2.30. The molecule has 10 nitrogen and oxygen atoms in total. The zero-order valence-corrected chi connectivity index (χ0v) is 24.5. The third-order valence-corrected chi connectivity index (χ3v) is 8.07. The van der Waals surface area contributed by atoms with Gasteiger partial charge in [0.2, 0.25) is 0 Å². The number of piperidine rings is 1. The van der Waals surface area contributed by atoms with E-state index in [0.29, 0.717) is 11.9 Å². The Morgan fingerprint density at radius 1 is 1.02 bits per heavy atom. The van der Waals surface area contributed by atoms with Gasteiger partial charge in [-0.3, -0.25) is 9.36 Å². The predicted molar refractivity (Wildman–Crippen MR) is 168 cm³/mol. The molecule has 5 aromatic rings. The highest BCUT2D eigenvalue weighted by Gasteiger charge is 2.21. The summed E-state index contributed by atoms with van der Waals surface area (Å²) in [5.74, 6) is 7.09. The van der Waals surface area contributed by atoms with Crippen LogP contribution in [0.15, 0.2) is 67.1 Å². The number of fused-ring (bicyclic) bond motifs is 2. The summed E-state index contributed by atoms with van der Waals surface area (Å²) in [6.07, 6.45) is 10.8. The molecule has 2 aliphatic rings. The second kappa shape index (κ2) is 12.5. The van der Waals surface area contributed by atoms with Crippen LogP contribution in [-0.4, -0.2) is 66.3 Å². The number of aryl methyl sites for hydroxylation is 2. The van der Waals surface area contributed by atoms with Gasteiger partial charge in [-0.05, 0) is 106 Å². The Kier molecular flexibility index (Phi) is 8.16. The quantitative estimate of drug-likeness (QED) is 0.312. The van der Waals surface area contributed by atoms with Crippen LogP contribution in [0.2, 0.25) is 0 Å². The molecule has 1 aliphatic carbocycles. The fourth-order valence-electron chi connectivity index (χ4n) is 5.77. The maximum atomic E-state index is 11.3. The highest BCUT2D eigenvalue weighted by molar-refractivity contribution is 5.93. The van der Waals surface area contributed by atoms with Crippen molar-refractivity contribution >= 4 is 22.9 Å². The average molecular weight is 574 g/mol. The monoisotopic (exact) mass is 573 g/mol. The molecule has 5 heterocycles. The first kappa shape index (κ1) is 28.1. The molecule has 0 spiro atoms. The number of nitrogens with zero attached hydrogens (tertiary/aromatic N) is 7. The number of hydrogen-bond donors (Lipinski definition) is 2. The summed E-state index contributed by atoms with van der Waals surface area (Å²) < 4.78 is 3.83. The SMILES string of the molecule is CC#CC(=O)N1CCC(NC)CC1.Nc1ncccc1-c1nc2ccc(-n3cccn3)nc2n1-c1ccc2c(c1)CCC2. The van der Waals surface area contributed by atoms with Crippen LogP contribution >= 0.6 is 0 Å². The number of nitrogens with two attached hydrogens (primary N) is 1. The Hall–Kier alpha value is -5.01. The van der Waals surface area contributed by atoms with E-state index in [9.17, 15) is 4.79 Å². The number of aromatic nitrogens is 6. The predicted octanol–water partition coefficient (Wildman–Crippen LogP) is 3.96. The van der Waals surface area contributed by atoms with E-state index in [-0.39, 0.29) is 5.91 Å². The van der Waals surface area contributed by atoms with Crippen LogP contribution in [0.1, 0.15) is 37.3 Å². The fraction of sp³-hybridized carbons (Fsp3) is 0.303. The van der Waals surface area contributed by atoms with Crippen molar-refractivity contribution in [1.29, 1.82) is 0 Å². The first-order valence-corrected chi connectivity index (χ1v) is 14.7. The van der Waals surface area contributed by atoms with E-state index in [1.54, 1.807) is 24.0 Å². The summed E-state index contributed by atoms with van der Waals surface area (Å²) in [5.41, 5.74) is 12.4. The molecule has 43 heavy (non-hydrogen) atoms. The molecule has 0 radical (unpaired) electrons. The molecule has 1 saturated heterocycles. The largest absolute Gasteiger partial charge is 0.383 e. The van der Waals surface area contributed by atoms with E-state index >= 15 is 0 Å². The molecule has 0 unspecified atom stereocenters. The van der Waals surface area contributed by atoms with Crippen molar-refractivity contribution in [3.05, 3.63) is 78.2 Å². The number of nitrogens with one attached hydrogen (secondary N) is 1. The fourth-order valence-corrected chi connectivity index (χ4v) is 5.77. The van der Waals surface area contributed by atoms with Crippen molar-refractivity contribution in [1.82, 2.24) is 39.5 Å². The molecule has 10 heteroatoms. The lowest BCUT2D eigenvalue weighted by molar-refractivity contribution is -0.126. The molecule has 7 rings (SSSR count). The third-order valence-electron chi connectivity index (χ3n) is 8.07. The van der Waals surface area contributed by atoms with Crippen LogP contribution in [0.25, 0.3) is 34.1 Å². The third kappa shape index (κ3) is 5.85. The lowest BCUT2D eigenvalue weighted by atomic mass is 10.1. The second-order valence-electron chi connectivity index (χ2n) is 10.7. The Labute approximate surface area is 251 Å². The lowest BCUT2D eigenvalue weighted by Crippen LogP contribution is -2.43. The smallest absolute Gasteiger partial charge is 0.298 e. The summed E-state index contributed by atoms with van der Waals surface area (Å²) in [6, 6.07) is 16.8. The van der Waals surface area contributed by atoms with Crippen LogP contribution in [-0.2, 0) is 17.6 Å². The Morgan fingerprint density at radius 3 is 2.60 bits per heavy atom. The molecule has 0 bridgehead atoms. The average Bonchev–Trinajstić information content (AvgIpc) is 3.81. The molecule has 0 saturated carbocycles. The first-order valence-electron chi connectivity index (χ1n) is 14.7. The van der Waals surface area contributed by atoms with Crippen LogP contribution in [0.5, 0.6) is 0 Å². The van der Waals surface area contributed by atoms with Gasteiger partial charge < -0.3 is 16.0 Å². The minimum absolute atomic E-state index is 0.0305. The number of likely N-dealkylation sites (tertiary alicyclic amines) is 1. The molecule has 1 aromatic carbocycles. The first-order chi connectivity index (χ1) is 21.1. The van der Waals surface area contributed by atoms with Crippen LogP contribution in [0.4, 0.5) is 5.82 Å². The minimum Gasteiger partial charge on any atom is -0.383 e. The van der Waals surface area contributed by atoms with Gasteiger partial charge in [-0.2, -0.15) is 5.10 Å². The van der Waals surface area contributed by atoms with Crippen LogP contribution < -0.4 is 11.1 Å². The van der Waals surface area contributed by atoms with Crippen LogP contribution in [0.3, 0.4) is 0 Å². The minimum atomic E-state index is -0.0305. The van der Waals surface area contributed by atoms with Gasteiger partial charge in [0, 0.05) is 43.4 Å². The Bertz CT molecular complexity index is 1810. The topological polar surface area (TPSA) is 120 Å². The van der Waals surface area contributed by atoms with E-state index < -0.39 is 0 Å². The summed E-state index contributed by atoms with van der Waals surface area (Å²) in [6.45, 7) is 3.36. The van der Waals surface area contributed by atoms with E-state index in [2.05, 4.69) is 50.0 Å². The van der Waals surface area contributed by atoms with Crippen molar-refractivity contribution in [2.45, 2.75) is 45.1 Å². The van der Waals surface area contributed by atoms with E-state index in [0.717, 1.165) is 72.8 Å². The zero-order chi connectivity index (χ0) is 29.8. The van der Waals surface area contributed by atoms with Gasteiger partial charge in [-0.1, -0.05) is 12.0 Å². The summed E-state index contributed by atoms with van der Waals surface area (Å²) in [7, 11) is 1.97. The summed E-state index contributed by atoms with van der Waals surface area (Å²) >= 11 is 0.